The first-order chi connectivity index (χ1) is 4.74. The summed E-state index contributed by atoms with van der Waals surface area (Å²) in [4.78, 5) is 4.35. The summed E-state index contributed by atoms with van der Waals surface area (Å²) in [5.41, 5.74) is 0.971. The van der Waals surface area contributed by atoms with Crippen LogP contribution in [0.3, 0.4) is 0 Å². The summed E-state index contributed by atoms with van der Waals surface area (Å²) in [7, 11) is 0. The van der Waals surface area contributed by atoms with E-state index in [-0.39, 0.29) is 5.75 Å². The normalized spacial score (nSPS) is 9.40. The fourth-order valence-electron chi connectivity index (χ4n) is 0.727. The van der Waals surface area contributed by atoms with Crippen LogP contribution in [-0.2, 0) is 0 Å². The molecule has 0 heterocycles. The monoisotopic (exact) mass is 139 g/mol. The van der Waals surface area contributed by atoms with Crippen LogP contribution in [0.25, 0.3) is 0 Å². The van der Waals surface area contributed by atoms with E-state index in [1.165, 1.54) is 0 Å². The van der Waals surface area contributed by atoms with E-state index in [9.17, 15) is 0 Å². The number of nitrogens with two attached hydrogens (primary N) is 1. The summed E-state index contributed by atoms with van der Waals surface area (Å²) in [6.07, 6.45) is 0. The highest BCUT2D eigenvalue weighted by Crippen LogP contribution is 2.24. The van der Waals surface area contributed by atoms with Gasteiger partial charge in [0.15, 0.2) is 11.5 Å². The second kappa shape index (κ2) is 2.58. The summed E-state index contributed by atoms with van der Waals surface area (Å²) in [5.74, 6) is 5.21. The molecule has 3 N–H and O–H groups in total. The zero-order valence-electron chi connectivity index (χ0n) is 5.66. The minimum Gasteiger partial charge on any atom is -0.504 e. The molecule has 1 aromatic rings. The molecule has 3 heteroatoms. The fourth-order valence-corrected chi connectivity index (χ4v) is 0.727. The molecule has 1 aromatic carbocycles. The highest BCUT2D eigenvalue weighted by Gasteiger charge is 1.98. The van der Waals surface area contributed by atoms with Gasteiger partial charge in [-0.1, -0.05) is 6.07 Å². The Morgan fingerprint density at radius 2 is 2.20 bits per heavy atom. The number of rotatable bonds is 1. The molecule has 0 saturated heterocycles. The van der Waals surface area contributed by atoms with Crippen molar-refractivity contribution in [3.63, 3.8) is 0 Å². The summed E-state index contributed by atoms with van der Waals surface area (Å²) in [6, 6.07) is 5.01. The lowest BCUT2D eigenvalue weighted by Crippen LogP contribution is -2.01. The van der Waals surface area contributed by atoms with Gasteiger partial charge in [0.2, 0.25) is 0 Å². The molecule has 0 aromatic heterocycles. The largest absolute Gasteiger partial charge is 0.504 e. The molecule has 54 valence electrons. The van der Waals surface area contributed by atoms with Crippen LogP contribution in [0.5, 0.6) is 11.5 Å². The van der Waals surface area contributed by atoms with Gasteiger partial charge in [0.25, 0.3) is 0 Å². The Morgan fingerprint density at radius 1 is 1.50 bits per heavy atom. The van der Waals surface area contributed by atoms with Crippen LogP contribution in [0, 0.1) is 6.92 Å². The molecule has 0 aliphatic rings. The predicted molar refractivity (Wildman–Crippen MR) is 37.7 cm³/mol. The number of phenolic OH excluding ortho intramolecular Hbond substituents is 1. The standard InChI is InChI=1S/C7H9NO2/c1-5-2-3-7(10-8)6(9)4-5/h2-4,9H,8H2,1H3. The molecule has 0 amide bonds. The van der Waals surface area contributed by atoms with Gasteiger partial charge >= 0.3 is 0 Å². The van der Waals surface area contributed by atoms with E-state index in [0.717, 1.165) is 5.56 Å². The van der Waals surface area contributed by atoms with Gasteiger partial charge in [-0.05, 0) is 24.6 Å². The van der Waals surface area contributed by atoms with Crippen molar-refractivity contribution in [2.45, 2.75) is 6.92 Å². The zero-order chi connectivity index (χ0) is 7.56. The molecule has 0 unspecified atom stereocenters. The van der Waals surface area contributed by atoms with Crippen LogP contribution in [0.2, 0.25) is 0 Å². The minimum absolute atomic E-state index is 0.0718. The average molecular weight is 139 g/mol. The van der Waals surface area contributed by atoms with E-state index >= 15 is 0 Å². The van der Waals surface area contributed by atoms with Crippen LogP contribution in [0.1, 0.15) is 5.56 Å². The lowest BCUT2D eigenvalue weighted by atomic mass is 10.2. The lowest BCUT2D eigenvalue weighted by Gasteiger charge is -2.00. The predicted octanol–water partition coefficient (Wildman–Crippen LogP) is 0.953. The van der Waals surface area contributed by atoms with Crippen molar-refractivity contribution in [3.8, 4) is 11.5 Å². The Hall–Kier alpha value is -1.22. The molecule has 0 radical (unpaired) electrons. The van der Waals surface area contributed by atoms with Crippen LogP contribution in [0.4, 0.5) is 0 Å². The SMILES string of the molecule is Cc1ccc(ON)c(O)c1. The van der Waals surface area contributed by atoms with E-state index in [1.54, 1.807) is 12.1 Å². The molecule has 0 spiro atoms. The molecule has 0 fully saturated rings. The first kappa shape index (κ1) is 6.89. The van der Waals surface area contributed by atoms with Gasteiger partial charge in [-0.2, -0.15) is 5.90 Å². The quantitative estimate of drug-likeness (QED) is 0.569. The molecule has 0 saturated carbocycles. The summed E-state index contributed by atoms with van der Waals surface area (Å²) < 4.78 is 0. The Morgan fingerprint density at radius 3 is 2.70 bits per heavy atom. The van der Waals surface area contributed by atoms with Crippen molar-refractivity contribution in [1.82, 2.24) is 0 Å². The van der Waals surface area contributed by atoms with E-state index in [2.05, 4.69) is 4.84 Å². The van der Waals surface area contributed by atoms with Gasteiger partial charge in [0, 0.05) is 0 Å². The van der Waals surface area contributed by atoms with Crippen molar-refractivity contribution in [2.75, 3.05) is 0 Å². The van der Waals surface area contributed by atoms with Crippen LogP contribution in [0.15, 0.2) is 18.2 Å². The number of aryl methyl sites for hydroxylation is 1. The van der Waals surface area contributed by atoms with E-state index < -0.39 is 0 Å². The molecule has 10 heavy (non-hydrogen) atoms. The number of hydrogen-bond donors (Lipinski definition) is 2. The third-order valence-electron chi connectivity index (χ3n) is 1.24. The maximum atomic E-state index is 9.09. The van der Waals surface area contributed by atoms with Crippen LogP contribution in [-0.4, -0.2) is 5.11 Å². The summed E-state index contributed by atoms with van der Waals surface area (Å²) in [5, 5.41) is 9.09. The van der Waals surface area contributed by atoms with Crippen molar-refractivity contribution in [3.05, 3.63) is 23.8 Å². The third kappa shape index (κ3) is 1.19. The molecule has 0 atom stereocenters. The van der Waals surface area contributed by atoms with Crippen LogP contribution < -0.4 is 10.7 Å². The van der Waals surface area contributed by atoms with Gasteiger partial charge in [-0.3, -0.25) is 0 Å². The zero-order valence-corrected chi connectivity index (χ0v) is 5.66. The maximum absolute atomic E-state index is 9.09. The van der Waals surface area contributed by atoms with Crippen molar-refractivity contribution < 1.29 is 9.94 Å². The molecule has 0 bridgehead atoms. The lowest BCUT2D eigenvalue weighted by molar-refractivity contribution is 0.312. The topological polar surface area (TPSA) is 55.5 Å². The third-order valence-corrected chi connectivity index (χ3v) is 1.24. The molecule has 3 nitrogen and oxygen atoms in total. The fraction of sp³-hybridized carbons (Fsp3) is 0.143. The molecular weight excluding hydrogens is 130 g/mol. The van der Waals surface area contributed by atoms with Crippen molar-refractivity contribution in [2.24, 2.45) is 5.90 Å². The Labute approximate surface area is 59.0 Å². The maximum Gasteiger partial charge on any atom is 0.188 e. The molecule has 0 aliphatic carbocycles. The summed E-state index contributed by atoms with van der Waals surface area (Å²) >= 11 is 0. The van der Waals surface area contributed by atoms with Crippen molar-refractivity contribution >= 4 is 0 Å². The second-order valence-electron chi connectivity index (χ2n) is 2.09. The van der Waals surface area contributed by atoms with E-state index in [0.29, 0.717) is 5.75 Å². The Bertz CT molecular complexity index is 235. The first-order valence-electron chi connectivity index (χ1n) is 2.90. The van der Waals surface area contributed by atoms with Gasteiger partial charge in [-0.15, -0.1) is 0 Å². The first-order valence-corrected chi connectivity index (χ1v) is 2.90. The molecule has 0 aliphatic heterocycles. The summed E-state index contributed by atoms with van der Waals surface area (Å²) in [6.45, 7) is 1.88. The smallest absolute Gasteiger partial charge is 0.188 e. The highest BCUT2D eigenvalue weighted by molar-refractivity contribution is 5.40. The van der Waals surface area contributed by atoms with E-state index in [4.69, 9.17) is 11.0 Å². The van der Waals surface area contributed by atoms with Gasteiger partial charge < -0.3 is 9.94 Å². The van der Waals surface area contributed by atoms with Gasteiger partial charge in [-0.25, -0.2) is 0 Å². The number of hydrogen-bond acceptors (Lipinski definition) is 3. The Kier molecular flexibility index (Phi) is 1.78. The van der Waals surface area contributed by atoms with Gasteiger partial charge in [0.1, 0.15) is 0 Å². The van der Waals surface area contributed by atoms with Gasteiger partial charge in [0.05, 0.1) is 0 Å². The number of phenols is 1. The minimum atomic E-state index is 0.0718. The highest BCUT2D eigenvalue weighted by atomic mass is 16.6. The van der Waals surface area contributed by atoms with Crippen LogP contribution >= 0.6 is 0 Å². The van der Waals surface area contributed by atoms with Crippen molar-refractivity contribution in [1.29, 1.82) is 0 Å². The second-order valence-corrected chi connectivity index (χ2v) is 2.09. The molecule has 1 rings (SSSR count). The number of aromatic hydroxyl groups is 1. The average Bonchev–Trinajstić information content (AvgIpc) is 1.88. The number of benzene rings is 1. The molecular formula is C7H9NO2. The van der Waals surface area contributed by atoms with E-state index in [1.807, 2.05) is 13.0 Å². The Balaban J connectivity index is 3.07.